The molecule has 0 saturated carbocycles. The number of thiazole rings is 1. The van der Waals surface area contributed by atoms with E-state index >= 15 is 0 Å². The summed E-state index contributed by atoms with van der Waals surface area (Å²) in [5.74, 6) is 0.638. The van der Waals surface area contributed by atoms with Crippen molar-refractivity contribution in [3.05, 3.63) is 40.7 Å². The van der Waals surface area contributed by atoms with Gasteiger partial charge in [0.25, 0.3) is 0 Å². The zero-order valence-corrected chi connectivity index (χ0v) is 14.4. The first-order valence-corrected chi connectivity index (χ1v) is 8.76. The van der Waals surface area contributed by atoms with E-state index in [1.54, 1.807) is 11.3 Å². The molecular formula is C19H30N4OS. The van der Waals surface area contributed by atoms with E-state index in [0.717, 1.165) is 26.1 Å². The Morgan fingerprint density at radius 2 is 2.20 bits per heavy atom. The number of carbonyl (C=O) groups is 1. The second-order valence-corrected chi connectivity index (χ2v) is 7.32. The third kappa shape index (κ3) is 5.90. The summed E-state index contributed by atoms with van der Waals surface area (Å²) in [7, 11) is 0. The minimum absolute atomic E-state index is 0. The molecule has 1 aliphatic heterocycles. The van der Waals surface area contributed by atoms with E-state index in [1.165, 1.54) is 29.3 Å². The second-order valence-electron chi connectivity index (χ2n) is 6.21. The molecule has 1 amide bonds. The van der Waals surface area contributed by atoms with Crippen LogP contribution in [0.2, 0.25) is 0 Å². The fourth-order valence-electron chi connectivity index (χ4n) is 3.07. The molecule has 1 unspecified atom stereocenters. The Balaban J connectivity index is 0.00000156. The second kappa shape index (κ2) is 9.63. The summed E-state index contributed by atoms with van der Waals surface area (Å²) in [5.41, 5.74) is 2.70. The average Bonchev–Trinajstić information content (AvgIpc) is 3.11. The fraction of sp³-hybridized carbons (Fsp3) is 0.526. The van der Waals surface area contributed by atoms with Gasteiger partial charge in [-0.2, -0.15) is 0 Å². The van der Waals surface area contributed by atoms with E-state index < -0.39 is 0 Å². The Kier molecular flexibility index (Phi) is 8.19. The Bertz CT molecular complexity index is 686. The van der Waals surface area contributed by atoms with Gasteiger partial charge < -0.3 is 5.32 Å². The van der Waals surface area contributed by atoms with Crippen LogP contribution in [-0.4, -0.2) is 33.9 Å². The first-order valence-electron chi connectivity index (χ1n) is 7.94. The first kappa shape index (κ1) is 21.3. The number of nitrogens with zero attached hydrogens (tertiary/aromatic N) is 3. The van der Waals surface area contributed by atoms with Crippen LogP contribution in [0.3, 0.4) is 0 Å². The number of carbonyl (C=O) groups excluding carboxylic acids is 1. The fourth-order valence-corrected chi connectivity index (χ4v) is 3.98. The number of aromatic nitrogens is 2. The monoisotopic (exact) mass is 362 g/mol. The number of hydrogen-bond acceptors (Lipinski definition) is 5. The third-order valence-corrected chi connectivity index (χ3v) is 5.13. The Labute approximate surface area is 155 Å². The minimum Gasteiger partial charge on any atom is -0.302 e. The van der Waals surface area contributed by atoms with Crippen LogP contribution in [0.4, 0.5) is 5.13 Å². The Hall–Kier alpha value is -1.79. The summed E-state index contributed by atoms with van der Waals surface area (Å²) in [6, 6.07) is 2.14. The molecule has 25 heavy (non-hydrogen) atoms. The number of hydrogen-bond donors (Lipinski definition) is 1. The van der Waals surface area contributed by atoms with Crippen molar-refractivity contribution >= 4 is 22.4 Å². The van der Waals surface area contributed by atoms with Gasteiger partial charge in [0.1, 0.15) is 0 Å². The quantitative estimate of drug-likeness (QED) is 0.868. The van der Waals surface area contributed by atoms with Gasteiger partial charge in [-0.1, -0.05) is 14.9 Å². The lowest BCUT2D eigenvalue weighted by molar-refractivity contribution is -0.114. The van der Waals surface area contributed by atoms with Crippen LogP contribution in [-0.2, 0) is 17.8 Å². The van der Waals surface area contributed by atoms with Gasteiger partial charge in [0.2, 0.25) is 5.91 Å². The van der Waals surface area contributed by atoms with E-state index in [4.69, 9.17) is 0 Å². The predicted molar refractivity (Wildman–Crippen MR) is 106 cm³/mol. The molecule has 0 aromatic carbocycles. The van der Waals surface area contributed by atoms with Gasteiger partial charge >= 0.3 is 0 Å². The van der Waals surface area contributed by atoms with Gasteiger partial charge in [0.15, 0.2) is 5.13 Å². The highest BCUT2D eigenvalue weighted by Gasteiger charge is 2.23. The Morgan fingerprint density at radius 1 is 1.40 bits per heavy atom. The highest BCUT2D eigenvalue weighted by molar-refractivity contribution is 7.15. The van der Waals surface area contributed by atoms with Gasteiger partial charge in [-0.15, -0.1) is 11.3 Å². The SMILES string of the molecule is C.C.CC(=O)Nc1ncc(CN2CCC(Cc3ccncc3C)C2)s1. The summed E-state index contributed by atoms with van der Waals surface area (Å²) in [5, 5.41) is 3.43. The number of rotatable bonds is 5. The molecular weight excluding hydrogens is 332 g/mol. The van der Waals surface area contributed by atoms with E-state index in [2.05, 4.69) is 33.2 Å². The van der Waals surface area contributed by atoms with Crippen molar-refractivity contribution in [3.63, 3.8) is 0 Å². The lowest BCUT2D eigenvalue weighted by Gasteiger charge is -2.15. The standard InChI is InChI=1S/C17H22N4OS.2CH4/c1-12-8-18-5-3-15(12)7-14-4-6-21(10-14)11-16-9-19-17(23-16)20-13(2)22;;/h3,5,8-9,14H,4,6-7,10-11H2,1-2H3,(H,19,20,22);2*1H4. The van der Waals surface area contributed by atoms with Gasteiger partial charge in [0, 0.05) is 43.5 Å². The van der Waals surface area contributed by atoms with Crippen molar-refractivity contribution in [3.8, 4) is 0 Å². The van der Waals surface area contributed by atoms with E-state index in [1.807, 2.05) is 18.6 Å². The number of amides is 1. The molecule has 1 saturated heterocycles. The summed E-state index contributed by atoms with van der Waals surface area (Å²) < 4.78 is 0. The van der Waals surface area contributed by atoms with E-state index in [-0.39, 0.29) is 20.8 Å². The number of likely N-dealkylation sites (tertiary alicyclic amines) is 1. The predicted octanol–water partition coefficient (Wildman–Crippen LogP) is 4.14. The molecule has 3 rings (SSSR count). The number of anilines is 1. The molecule has 1 aliphatic rings. The minimum atomic E-state index is -0.0696. The molecule has 1 fully saturated rings. The smallest absolute Gasteiger partial charge is 0.223 e. The summed E-state index contributed by atoms with van der Waals surface area (Å²) in [4.78, 5) is 23.2. The summed E-state index contributed by atoms with van der Waals surface area (Å²) in [6.07, 6.45) is 8.07. The molecule has 6 heteroatoms. The van der Waals surface area contributed by atoms with Gasteiger partial charge in [-0.05, 0) is 49.4 Å². The van der Waals surface area contributed by atoms with Crippen molar-refractivity contribution in [2.75, 3.05) is 18.4 Å². The first-order chi connectivity index (χ1) is 11.1. The van der Waals surface area contributed by atoms with Crippen LogP contribution in [0.5, 0.6) is 0 Å². The van der Waals surface area contributed by atoms with Crippen molar-refractivity contribution in [2.45, 2.75) is 48.1 Å². The van der Waals surface area contributed by atoms with Crippen LogP contribution < -0.4 is 5.32 Å². The molecule has 0 radical (unpaired) electrons. The van der Waals surface area contributed by atoms with Crippen molar-refractivity contribution in [2.24, 2.45) is 5.92 Å². The number of nitrogens with one attached hydrogen (secondary N) is 1. The number of aryl methyl sites for hydroxylation is 1. The van der Waals surface area contributed by atoms with Crippen molar-refractivity contribution in [1.29, 1.82) is 0 Å². The molecule has 2 aromatic rings. The maximum Gasteiger partial charge on any atom is 0.223 e. The highest BCUT2D eigenvalue weighted by atomic mass is 32.1. The normalized spacial score (nSPS) is 16.8. The zero-order chi connectivity index (χ0) is 16.2. The summed E-state index contributed by atoms with van der Waals surface area (Å²) >= 11 is 1.56. The molecule has 138 valence electrons. The van der Waals surface area contributed by atoms with Crippen molar-refractivity contribution < 1.29 is 4.79 Å². The zero-order valence-electron chi connectivity index (χ0n) is 13.6. The molecule has 1 atom stereocenters. The van der Waals surface area contributed by atoms with Crippen LogP contribution >= 0.6 is 11.3 Å². The maximum absolute atomic E-state index is 11.1. The third-order valence-electron chi connectivity index (χ3n) is 4.23. The van der Waals surface area contributed by atoms with Crippen molar-refractivity contribution in [1.82, 2.24) is 14.9 Å². The lowest BCUT2D eigenvalue weighted by atomic mass is 9.97. The van der Waals surface area contributed by atoms with Crippen LogP contribution in [0.15, 0.2) is 24.7 Å². The molecule has 0 bridgehead atoms. The van der Waals surface area contributed by atoms with Gasteiger partial charge in [0.05, 0.1) is 0 Å². The molecule has 5 nitrogen and oxygen atoms in total. The van der Waals surface area contributed by atoms with Gasteiger partial charge in [-0.3, -0.25) is 14.7 Å². The highest BCUT2D eigenvalue weighted by Crippen LogP contribution is 2.26. The molecule has 0 spiro atoms. The molecule has 2 aromatic heterocycles. The molecule has 1 N–H and O–H groups in total. The number of pyridine rings is 1. The molecule has 3 heterocycles. The summed E-state index contributed by atoms with van der Waals surface area (Å²) in [6.45, 7) is 6.81. The Morgan fingerprint density at radius 3 is 2.92 bits per heavy atom. The van der Waals surface area contributed by atoms with Gasteiger partial charge in [-0.25, -0.2) is 4.98 Å². The van der Waals surface area contributed by atoms with E-state index in [0.29, 0.717) is 11.0 Å². The topological polar surface area (TPSA) is 58.1 Å². The average molecular weight is 363 g/mol. The maximum atomic E-state index is 11.1. The largest absolute Gasteiger partial charge is 0.302 e. The van der Waals surface area contributed by atoms with E-state index in [9.17, 15) is 4.79 Å². The van der Waals surface area contributed by atoms with Crippen LogP contribution in [0, 0.1) is 12.8 Å². The van der Waals surface area contributed by atoms with Crippen LogP contribution in [0.25, 0.3) is 0 Å². The van der Waals surface area contributed by atoms with Crippen LogP contribution in [0.1, 0.15) is 44.2 Å². The molecule has 0 aliphatic carbocycles. The lowest BCUT2D eigenvalue weighted by Crippen LogP contribution is -2.20.